The number of amides is 1. The molecule has 0 aliphatic heterocycles. The standard InChI is InChI=1S/C14H16F3NO/c15-14(16,17)12-9-5-4-8-11(12)13(19)18-10-6-2-1-3-7-10/h1-3,6-7,11-12H,4-5,8-9H2,(H,18,19). The topological polar surface area (TPSA) is 29.1 Å². The molecule has 104 valence electrons. The van der Waals surface area contributed by atoms with Crippen LogP contribution in [0.4, 0.5) is 18.9 Å². The van der Waals surface area contributed by atoms with Crippen LogP contribution in [0.25, 0.3) is 0 Å². The van der Waals surface area contributed by atoms with Gasteiger partial charge in [0.2, 0.25) is 5.91 Å². The summed E-state index contributed by atoms with van der Waals surface area (Å²) >= 11 is 0. The highest BCUT2D eigenvalue weighted by atomic mass is 19.4. The molecule has 1 fully saturated rings. The molecule has 1 aromatic rings. The zero-order valence-electron chi connectivity index (χ0n) is 10.4. The first-order valence-electron chi connectivity index (χ1n) is 6.41. The third-order valence-corrected chi connectivity index (χ3v) is 3.56. The zero-order valence-corrected chi connectivity index (χ0v) is 10.4. The van der Waals surface area contributed by atoms with Crippen LogP contribution < -0.4 is 5.32 Å². The van der Waals surface area contributed by atoms with Gasteiger partial charge in [-0.25, -0.2) is 0 Å². The number of carbonyl (C=O) groups excluding carboxylic acids is 1. The van der Waals surface area contributed by atoms with E-state index in [-0.39, 0.29) is 6.42 Å². The van der Waals surface area contributed by atoms with Crippen molar-refractivity contribution in [1.82, 2.24) is 0 Å². The number of para-hydroxylation sites is 1. The number of halogens is 3. The number of carbonyl (C=O) groups is 1. The van der Waals surface area contributed by atoms with Crippen molar-refractivity contribution in [3.8, 4) is 0 Å². The molecule has 0 spiro atoms. The third kappa shape index (κ3) is 3.49. The maximum atomic E-state index is 12.9. The molecular formula is C14H16F3NO. The van der Waals surface area contributed by atoms with Gasteiger partial charge in [-0.1, -0.05) is 31.0 Å². The summed E-state index contributed by atoms with van der Waals surface area (Å²) in [5.74, 6) is -2.99. The maximum Gasteiger partial charge on any atom is 0.392 e. The Morgan fingerprint density at radius 2 is 1.74 bits per heavy atom. The molecule has 1 aliphatic rings. The van der Waals surface area contributed by atoms with Crippen molar-refractivity contribution in [2.45, 2.75) is 31.9 Å². The Labute approximate surface area is 110 Å². The van der Waals surface area contributed by atoms with Gasteiger partial charge >= 0.3 is 6.18 Å². The second-order valence-corrected chi connectivity index (χ2v) is 4.89. The quantitative estimate of drug-likeness (QED) is 0.865. The number of nitrogens with one attached hydrogen (secondary N) is 1. The first-order valence-corrected chi connectivity index (χ1v) is 6.41. The van der Waals surface area contributed by atoms with Gasteiger partial charge in [0.25, 0.3) is 0 Å². The summed E-state index contributed by atoms with van der Waals surface area (Å²) in [4.78, 5) is 12.0. The first kappa shape index (κ1) is 13.9. The average Bonchev–Trinajstić information content (AvgIpc) is 2.39. The lowest BCUT2D eigenvalue weighted by Crippen LogP contribution is -2.39. The molecule has 0 bridgehead atoms. The van der Waals surface area contributed by atoms with E-state index in [9.17, 15) is 18.0 Å². The molecule has 2 rings (SSSR count). The number of alkyl halides is 3. The number of hydrogen-bond acceptors (Lipinski definition) is 1. The van der Waals surface area contributed by atoms with Crippen LogP contribution in [0.15, 0.2) is 30.3 Å². The highest BCUT2D eigenvalue weighted by Crippen LogP contribution is 2.41. The predicted molar refractivity (Wildman–Crippen MR) is 66.6 cm³/mol. The van der Waals surface area contributed by atoms with Gasteiger partial charge in [-0.05, 0) is 25.0 Å². The molecule has 1 N–H and O–H groups in total. The fourth-order valence-electron chi connectivity index (χ4n) is 2.59. The molecule has 19 heavy (non-hydrogen) atoms. The van der Waals surface area contributed by atoms with E-state index >= 15 is 0 Å². The molecule has 0 saturated heterocycles. The van der Waals surface area contributed by atoms with Gasteiger partial charge in [0, 0.05) is 11.6 Å². The summed E-state index contributed by atoms with van der Waals surface area (Å²) in [6.07, 6.45) is -2.71. The summed E-state index contributed by atoms with van der Waals surface area (Å²) in [6.45, 7) is 0. The highest BCUT2D eigenvalue weighted by molar-refractivity contribution is 5.92. The lowest BCUT2D eigenvalue weighted by Gasteiger charge is -2.31. The van der Waals surface area contributed by atoms with E-state index in [1.54, 1.807) is 30.3 Å². The molecule has 1 aliphatic carbocycles. The van der Waals surface area contributed by atoms with Gasteiger partial charge in [-0.15, -0.1) is 0 Å². The average molecular weight is 271 g/mol. The van der Waals surface area contributed by atoms with E-state index in [1.807, 2.05) is 0 Å². The van der Waals surface area contributed by atoms with E-state index in [0.717, 1.165) is 0 Å². The number of benzene rings is 1. The second-order valence-electron chi connectivity index (χ2n) is 4.89. The molecule has 1 saturated carbocycles. The smallest absolute Gasteiger partial charge is 0.326 e. The number of hydrogen-bond donors (Lipinski definition) is 1. The van der Waals surface area contributed by atoms with Crippen LogP contribution >= 0.6 is 0 Å². The molecule has 2 unspecified atom stereocenters. The number of anilines is 1. The Balaban J connectivity index is 2.08. The molecule has 0 heterocycles. The Morgan fingerprint density at radius 1 is 1.11 bits per heavy atom. The minimum Gasteiger partial charge on any atom is -0.326 e. The van der Waals surface area contributed by atoms with Crippen LogP contribution in [0.3, 0.4) is 0 Å². The molecule has 2 atom stereocenters. The SMILES string of the molecule is O=C(Nc1ccccc1)C1CCCCC1C(F)(F)F. The molecular weight excluding hydrogens is 255 g/mol. The van der Waals surface area contributed by atoms with E-state index in [1.165, 1.54) is 0 Å². The van der Waals surface area contributed by atoms with Gasteiger partial charge in [-0.2, -0.15) is 13.2 Å². The van der Waals surface area contributed by atoms with Crippen molar-refractivity contribution in [3.63, 3.8) is 0 Å². The van der Waals surface area contributed by atoms with Crippen molar-refractivity contribution >= 4 is 11.6 Å². The fourth-order valence-corrected chi connectivity index (χ4v) is 2.59. The van der Waals surface area contributed by atoms with Gasteiger partial charge < -0.3 is 5.32 Å². The van der Waals surface area contributed by atoms with Crippen molar-refractivity contribution < 1.29 is 18.0 Å². The van der Waals surface area contributed by atoms with Crippen LogP contribution in [0.5, 0.6) is 0 Å². The van der Waals surface area contributed by atoms with Gasteiger partial charge in [-0.3, -0.25) is 4.79 Å². The molecule has 0 radical (unpaired) electrons. The largest absolute Gasteiger partial charge is 0.392 e. The van der Waals surface area contributed by atoms with Gasteiger partial charge in [0.1, 0.15) is 0 Å². The summed E-state index contributed by atoms with van der Waals surface area (Å²) in [5.41, 5.74) is 0.541. The molecule has 1 aromatic carbocycles. The monoisotopic (exact) mass is 271 g/mol. The van der Waals surface area contributed by atoms with Crippen LogP contribution in [0.2, 0.25) is 0 Å². The van der Waals surface area contributed by atoms with Gasteiger partial charge in [0.05, 0.1) is 5.92 Å². The molecule has 0 aromatic heterocycles. The Hall–Kier alpha value is -1.52. The van der Waals surface area contributed by atoms with Crippen LogP contribution in [0, 0.1) is 11.8 Å². The number of rotatable bonds is 2. The van der Waals surface area contributed by atoms with Crippen molar-refractivity contribution in [2.75, 3.05) is 5.32 Å². The zero-order chi connectivity index (χ0) is 13.9. The second kappa shape index (κ2) is 5.63. The minimum atomic E-state index is -4.29. The Kier molecular flexibility index (Phi) is 4.12. The highest BCUT2D eigenvalue weighted by Gasteiger charge is 2.47. The van der Waals surface area contributed by atoms with Crippen LogP contribution in [-0.4, -0.2) is 12.1 Å². The lowest BCUT2D eigenvalue weighted by molar-refractivity contribution is -0.197. The summed E-state index contributed by atoms with van der Waals surface area (Å²) in [6, 6.07) is 8.59. The first-order chi connectivity index (χ1) is 8.98. The maximum absolute atomic E-state index is 12.9. The van der Waals surface area contributed by atoms with Crippen LogP contribution in [0.1, 0.15) is 25.7 Å². The van der Waals surface area contributed by atoms with E-state index < -0.39 is 23.9 Å². The fraction of sp³-hybridized carbons (Fsp3) is 0.500. The van der Waals surface area contributed by atoms with Crippen molar-refractivity contribution in [1.29, 1.82) is 0 Å². The summed E-state index contributed by atoms with van der Waals surface area (Å²) in [5, 5.41) is 2.57. The van der Waals surface area contributed by atoms with Crippen molar-refractivity contribution in [2.24, 2.45) is 11.8 Å². The van der Waals surface area contributed by atoms with Gasteiger partial charge in [0.15, 0.2) is 0 Å². The molecule has 1 amide bonds. The molecule has 5 heteroatoms. The lowest BCUT2D eigenvalue weighted by atomic mass is 9.78. The Bertz CT molecular complexity index is 430. The van der Waals surface area contributed by atoms with E-state index in [4.69, 9.17) is 0 Å². The van der Waals surface area contributed by atoms with Crippen molar-refractivity contribution in [3.05, 3.63) is 30.3 Å². The van der Waals surface area contributed by atoms with E-state index in [2.05, 4.69) is 5.32 Å². The third-order valence-electron chi connectivity index (χ3n) is 3.56. The predicted octanol–water partition coefficient (Wildman–Crippen LogP) is 3.99. The van der Waals surface area contributed by atoms with E-state index in [0.29, 0.717) is 24.9 Å². The minimum absolute atomic E-state index is 0.0520. The summed E-state index contributed by atoms with van der Waals surface area (Å²) < 4.78 is 38.7. The Morgan fingerprint density at radius 3 is 2.37 bits per heavy atom. The molecule has 2 nitrogen and oxygen atoms in total. The normalized spacial score (nSPS) is 23.9. The van der Waals surface area contributed by atoms with Crippen LogP contribution in [-0.2, 0) is 4.79 Å². The summed E-state index contributed by atoms with van der Waals surface area (Å²) in [7, 11) is 0.